The molecule has 2 aromatic rings. The maximum Gasteiger partial charge on any atom is 0.416 e. The topological polar surface area (TPSA) is 66.5 Å². The second-order valence-electron chi connectivity index (χ2n) is 6.86. The van der Waals surface area contributed by atoms with Crippen LogP contribution >= 0.6 is 0 Å². The van der Waals surface area contributed by atoms with Gasteiger partial charge in [-0.3, -0.25) is 4.79 Å². The van der Waals surface area contributed by atoms with Crippen LogP contribution in [0, 0.1) is 0 Å². The van der Waals surface area contributed by atoms with Gasteiger partial charge in [0.25, 0.3) is 0 Å². The van der Waals surface area contributed by atoms with Gasteiger partial charge in [-0.2, -0.15) is 17.5 Å². The fraction of sp³-hybridized carbons (Fsp3) is 0.350. The third kappa shape index (κ3) is 4.97. The van der Waals surface area contributed by atoms with Crippen molar-refractivity contribution >= 4 is 15.9 Å². The number of alkyl halides is 3. The fourth-order valence-electron chi connectivity index (χ4n) is 3.35. The van der Waals surface area contributed by atoms with Crippen molar-refractivity contribution in [3.63, 3.8) is 0 Å². The van der Waals surface area contributed by atoms with Crippen LogP contribution in [0.2, 0.25) is 0 Å². The van der Waals surface area contributed by atoms with E-state index in [1.165, 1.54) is 28.6 Å². The molecular weight excluding hydrogens is 405 g/mol. The zero-order valence-electron chi connectivity index (χ0n) is 15.5. The molecular formula is C20H21F3N2O3S. The van der Waals surface area contributed by atoms with E-state index in [1.54, 1.807) is 18.2 Å². The van der Waals surface area contributed by atoms with Crippen LogP contribution in [0.1, 0.15) is 30.4 Å². The number of carbonyl (C=O) groups is 1. The first-order valence-corrected chi connectivity index (χ1v) is 10.6. The molecule has 1 unspecified atom stereocenters. The zero-order valence-corrected chi connectivity index (χ0v) is 16.3. The van der Waals surface area contributed by atoms with Gasteiger partial charge in [0.15, 0.2) is 0 Å². The molecule has 9 heteroatoms. The fourth-order valence-corrected chi connectivity index (χ4v) is 5.02. The standard InChI is InChI=1S/C20H21F3N2O3S/c21-20(22,23)16-8-6-7-15(13-16)14-24-19(26)18-11-4-5-12-25(18)29(27,28)17-9-2-1-3-10-17/h1-3,6-10,13,18H,4-5,11-12,14H2,(H,24,26). The summed E-state index contributed by atoms with van der Waals surface area (Å²) in [5.74, 6) is -0.512. The molecule has 1 saturated heterocycles. The molecule has 1 fully saturated rings. The molecule has 0 aliphatic carbocycles. The first-order chi connectivity index (χ1) is 13.7. The number of amides is 1. The van der Waals surface area contributed by atoms with Crippen molar-refractivity contribution in [2.45, 2.75) is 42.9 Å². The maximum atomic E-state index is 13.0. The van der Waals surface area contributed by atoms with Crippen LogP contribution in [-0.2, 0) is 27.5 Å². The Hall–Kier alpha value is -2.39. The molecule has 1 aliphatic rings. The zero-order chi connectivity index (χ0) is 21.1. The number of hydrogen-bond donors (Lipinski definition) is 1. The molecule has 29 heavy (non-hydrogen) atoms. The van der Waals surface area contributed by atoms with Gasteiger partial charge in [-0.25, -0.2) is 8.42 Å². The second-order valence-corrected chi connectivity index (χ2v) is 8.75. The van der Waals surface area contributed by atoms with Gasteiger partial charge >= 0.3 is 6.18 Å². The van der Waals surface area contributed by atoms with Gasteiger partial charge in [0.1, 0.15) is 6.04 Å². The third-order valence-corrected chi connectivity index (χ3v) is 6.75. The van der Waals surface area contributed by atoms with Crippen molar-refractivity contribution < 1.29 is 26.4 Å². The predicted octanol–water partition coefficient (Wildman–Crippen LogP) is 3.57. The Kier molecular flexibility index (Phi) is 6.28. The lowest BCUT2D eigenvalue weighted by Gasteiger charge is -2.33. The lowest BCUT2D eigenvalue weighted by molar-refractivity contribution is -0.137. The summed E-state index contributed by atoms with van der Waals surface area (Å²) >= 11 is 0. The largest absolute Gasteiger partial charge is 0.416 e. The summed E-state index contributed by atoms with van der Waals surface area (Å²) in [6.45, 7) is 0.108. The Morgan fingerprint density at radius 3 is 2.48 bits per heavy atom. The van der Waals surface area contributed by atoms with Gasteiger partial charge in [0, 0.05) is 13.1 Å². The smallest absolute Gasteiger partial charge is 0.351 e. The summed E-state index contributed by atoms with van der Waals surface area (Å²) in [6, 6.07) is 11.7. The molecule has 3 rings (SSSR count). The van der Waals surface area contributed by atoms with Gasteiger partial charge in [-0.05, 0) is 42.7 Å². The maximum absolute atomic E-state index is 13.0. The molecule has 1 atom stereocenters. The van der Waals surface area contributed by atoms with Crippen molar-refractivity contribution in [2.75, 3.05) is 6.54 Å². The molecule has 1 amide bonds. The molecule has 5 nitrogen and oxygen atoms in total. The first kappa shape index (κ1) is 21.3. The number of sulfonamides is 1. The summed E-state index contributed by atoms with van der Waals surface area (Å²) in [5, 5.41) is 2.59. The number of halogens is 3. The van der Waals surface area contributed by atoms with Gasteiger partial charge in [0.05, 0.1) is 10.5 Å². The number of nitrogens with zero attached hydrogens (tertiary/aromatic N) is 1. The Bertz CT molecular complexity index is 962. The summed E-state index contributed by atoms with van der Waals surface area (Å²) < 4.78 is 65.6. The minimum absolute atomic E-state index is 0.109. The van der Waals surface area contributed by atoms with Crippen molar-refractivity contribution in [3.8, 4) is 0 Å². The average molecular weight is 426 g/mol. The average Bonchev–Trinajstić information content (AvgIpc) is 2.72. The lowest BCUT2D eigenvalue weighted by Crippen LogP contribution is -2.51. The van der Waals surface area contributed by atoms with E-state index in [-0.39, 0.29) is 18.0 Å². The van der Waals surface area contributed by atoms with E-state index >= 15 is 0 Å². The van der Waals surface area contributed by atoms with E-state index in [1.807, 2.05) is 0 Å². The number of benzene rings is 2. The van der Waals surface area contributed by atoms with Crippen LogP contribution < -0.4 is 5.32 Å². The van der Waals surface area contributed by atoms with Gasteiger partial charge in [-0.15, -0.1) is 0 Å². The highest BCUT2D eigenvalue weighted by Gasteiger charge is 2.37. The van der Waals surface area contributed by atoms with Crippen LogP contribution in [0.3, 0.4) is 0 Å². The van der Waals surface area contributed by atoms with E-state index in [0.29, 0.717) is 24.8 Å². The molecule has 0 bridgehead atoms. The van der Waals surface area contributed by atoms with Gasteiger partial charge < -0.3 is 5.32 Å². The SMILES string of the molecule is O=C(NCc1cccc(C(F)(F)F)c1)C1CCCCN1S(=O)(=O)c1ccccc1. The molecule has 0 radical (unpaired) electrons. The first-order valence-electron chi connectivity index (χ1n) is 9.20. The van der Waals surface area contributed by atoms with Crippen LogP contribution in [0.4, 0.5) is 13.2 Å². The quantitative estimate of drug-likeness (QED) is 0.795. The van der Waals surface area contributed by atoms with Crippen LogP contribution in [0.15, 0.2) is 59.5 Å². The summed E-state index contributed by atoms with van der Waals surface area (Å²) in [6.07, 6.45) is -2.77. The molecule has 0 saturated carbocycles. The molecule has 1 N–H and O–H groups in total. The van der Waals surface area contributed by atoms with E-state index in [4.69, 9.17) is 0 Å². The molecule has 0 spiro atoms. The summed E-state index contributed by atoms with van der Waals surface area (Å²) in [7, 11) is -3.84. The van der Waals surface area contributed by atoms with Crippen molar-refractivity contribution in [2.24, 2.45) is 0 Å². The van der Waals surface area contributed by atoms with Crippen molar-refractivity contribution in [1.82, 2.24) is 9.62 Å². The number of carbonyl (C=O) groups excluding carboxylic acids is 1. The normalized spacial score (nSPS) is 18.4. The molecule has 2 aromatic carbocycles. The van der Waals surface area contributed by atoms with E-state index in [9.17, 15) is 26.4 Å². The highest BCUT2D eigenvalue weighted by atomic mass is 32.2. The second kappa shape index (κ2) is 8.54. The lowest BCUT2D eigenvalue weighted by atomic mass is 10.0. The number of rotatable bonds is 5. The summed E-state index contributed by atoms with van der Waals surface area (Å²) in [5.41, 5.74) is -0.503. The molecule has 1 heterocycles. The number of piperidine rings is 1. The van der Waals surface area contributed by atoms with E-state index in [2.05, 4.69) is 5.32 Å². The molecule has 0 aromatic heterocycles. The van der Waals surface area contributed by atoms with E-state index < -0.39 is 33.7 Å². The van der Waals surface area contributed by atoms with Gasteiger partial charge in [-0.1, -0.05) is 36.8 Å². The predicted molar refractivity (Wildman–Crippen MR) is 101 cm³/mol. The van der Waals surface area contributed by atoms with Gasteiger partial charge in [0.2, 0.25) is 15.9 Å². The van der Waals surface area contributed by atoms with E-state index in [0.717, 1.165) is 12.1 Å². The van der Waals surface area contributed by atoms with Crippen LogP contribution in [-0.4, -0.2) is 31.2 Å². The monoisotopic (exact) mass is 426 g/mol. The van der Waals surface area contributed by atoms with Crippen LogP contribution in [0.25, 0.3) is 0 Å². The Labute approximate surface area is 167 Å². The van der Waals surface area contributed by atoms with Crippen molar-refractivity contribution in [1.29, 1.82) is 0 Å². The Morgan fingerprint density at radius 1 is 1.07 bits per heavy atom. The van der Waals surface area contributed by atoms with Crippen LogP contribution in [0.5, 0.6) is 0 Å². The highest BCUT2D eigenvalue weighted by molar-refractivity contribution is 7.89. The minimum atomic E-state index is -4.47. The highest BCUT2D eigenvalue weighted by Crippen LogP contribution is 2.29. The third-order valence-electron chi connectivity index (χ3n) is 4.83. The number of nitrogens with one attached hydrogen (secondary N) is 1. The minimum Gasteiger partial charge on any atom is -0.351 e. The molecule has 1 aliphatic heterocycles. The van der Waals surface area contributed by atoms with Crippen molar-refractivity contribution in [3.05, 3.63) is 65.7 Å². The Balaban J connectivity index is 1.74. The number of hydrogen-bond acceptors (Lipinski definition) is 3. The Morgan fingerprint density at radius 2 is 1.79 bits per heavy atom. The summed E-state index contributed by atoms with van der Waals surface area (Å²) in [4.78, 5) is 12.8. The molecule has 156 valence electrons.